The van der Waals surface area contributed by atoms with Crippen LogP contribution in [0.15, 0.2) is 48.5 Å². The van der Waals surface area contributed by atoms with E-state index in [-0.39, 0.29) is 11.8 Å². The molecule has 1 fully saturated rings. The Hall–Kier alpha value is -2.69. The number of rotatable bonds is 4. The number of para-hydroxylation sites is 1. The van der Waals surface area contributed by atoms with Gasteiger partial charge in [0, 0.05) is 24.5 Å². The maximum Gasteiger partial charge on any atom is 0.273 e. The number of likely N-dealkylation sites (N-methyl/N-ethyl adjacent to an activating group) is 1. The minimum Gasteiger partial charge on any atom is -0.325 e. The zero-order valence-corrected chi connectivity index (χ0v) is 14.0. The number of carbonyl (C=O) groups is 2. The van der Waals surface area contributed by atoms with Crippen LogP contribution in [0.4, 0.5) is 5.69 Å². The van der Waals surface area contributed by atoms with Crippen molar-refractivity contribution in [3.8, 4) is 0 Å². The van der Waals surface area contributed by atoms with Crippen LogP contribution in [0.25, 0.3) is 0 Å². The molecule has 1 saturated heterocycles. The molecule has 1 atom stereocenters. The van der Waals surface area contributed by atoms with E-state index in [1.165, 1.54) is 0 Å². The smallest absolute Gasteiger partial charge is 0.273 e. The van der Waals surface area contributed by atoms with Crippen LogP contribution in [0.5, 0.6) is 0 Å². The Morgan fingerprint density at radius 3 is 2.62 bits per heavy atom. The molecule has 0 aliphatic carbocycles. The van der Waals surface area contributed by atoms with Gasteiger partial charge in [-0.15, -0.1) is 0 Å². The van der Waals surface area contributed by atoms with E-state index in [9.17, 15) is 9.59 Å². The van der Waals surface area contributed by atoms with Crippen molar-refractivity contribution in [1.29, 1.82) is 0 Å². The third-order valence-electron chi connectivity index (χ3n) is 4.33. The lowest BCUT2D eigenvalue weighted by molar-refractivity contribution is -0.120. The normalized spacial score (nSPS) is 17.2. The molecular formula is C19H21N3O2. The SMILES string of the molecule is CCN(C(=O)c1cccc(C)n1)C1CCN(c2ccccc2)C1=O. The molecule has 3 rings (SSSR count). The number of anilines is 1. The van der Waals surface area contributed by atoms with Crippen LogP contribution in [0, 0.1) is 6.92 Å². The fraction of sp³-hybridized carbons (Fsp3) is 0.316. The van der Waals surface area contributed by atoms with Gasteiger partial charge in [-0.3, -0.25) is 9.59 Å². The van der Waals surface area contributed by atoms with Gasteiger partial charge >= 0.3 is 0 Å². The second-order valence-corrected chi connectivity index (χ2v) is 5.89. The van der Waals surface area contributed by atoms with Gasteiger partial charge in [0.05, 0.1) is 0 Å². The second-order valence-electron chi connectivity index (χ2n) is 5.89. The minimum absolute atomic E-state index is 0.0240. The van der Waals surface area contributed by atoms with Gasteiger partial charge in [-0.05, 0) is 44.5 Å². The van der Waals surface area contributed by atoms with Gasteiger partial charge in [0.1, 0.15) is 11.7 Å². The number of hydrogen-bond acceptors (Lipinski definition) is 3. The topological polar surface area (TPSA) is 53.5 Å². The summed E-state index contributed by atoms with van der Waals surface area (Å²) in [5, 5.41) is 0. The highest BCUT2D eigenvalue weighted by molar-refractivity contribution is 6.03. The first-order valence-corrected chi connectivity index (χ1v) is 8.23. The summed E-state index contributed by atoms with van der Waals surface area (Å²) in [5.41, 5.74) is 2.06. The van der Waals surface area contributed by atoms with Gasteiger partial charge in [-0.2, -0.15) is 0 Å². The van der Waals surface area contributed by atoms with Crippen molar-refractivity contribution in [2.45, 2.75) is 26.3 Å². The number of pyridine rings is 1. The second kappa shape index (κ2) is 6.83. The van der Waals surface area contributed by atoms with Crippen LogP contribution in [0.2, 0.25) is 0 Å². The van der Waals surface area contributed by atoms with E-state index in [0.29, 0.717) is 25.2 Å². The third-order valence-corrected chi connectivity index (χ3v) is 4.33. The summed E-state index contributed by atoms with van der Waals surface area (Å²) in [7, 11) is 0. The lowest BCUT2D eigenvalue weighted by Crippen LogP contribution is -2.45. The summed E-state index contributed by atoms with van der Waals surface area (Å²) in [5.74, 6) is -0.210. The number of aromatic nitrogens is 1. The van der Waals surface area contributed by atoms with E-state index < -0.39 is 6.04 Å². The van der Waals surface area contributed by atoms with Gasteiger partial charge in [-0.1, -0.05) is 24.3 Å². The molecule has 2 amide bonds. The molecule has 1 unspecified atom stereocenters. The lowest BCUT2D eigenvalue weighted by Gasteiger charge is -2.26. The first-order valence-electron chi connectivity index (χ1n) is 8.23. The average molecular weight is 323 g/mol. The number of nitrogens with zero attached hydrogens (tertiary/aromatic N) is 3. The largest absolute Gasteiger partial charge is 0.325 e. The minimum atomic E-state index is -0.426. The molecule has 1 aromatic carbocycles. The summed E-state index contributed by atoms with van der Waals surface area (Å²) in [6, 6.07) is 14.5. The summed E-state index contributed by atoms with van der Waals surface area (Å²) in [6.45, 7) is 4.85. The third kappa shape index (κ3) is 3.02. The van der Waals surface area contributed by atoms with Gasteiger partial charge in [0.25, 0.3) is 5.91 Å². The standard InChI is InChI=1S/C19H21N3O2/c1-3-21(18(23)16-11-7-8-14(2)20-16)17-12-13-22(19(17)24)15-9-5-4-6-10-15/h4-11,17H,3,12-13H2,1-2H3. The first-order chi connectivity index (χ1) is 11.6. The molecule has 5 heteroatoms. The van der Waals surface area contributed by atoms with Crippen molar-refractivity contribution in [3.63, 3.8) is 0 Å². The quantitative estimate of drug-likeness (QED) is 0.869. The van der Waals surface area contributed by atoms with Crippen molar-refractivity contribution < 1.29 is 9.59 Å². The highest BCUT2D eigenvalue weighted by Crippen LogP contribution is 2.25. The van der Waals surface area contributed by atoms with Gasteiger partial charge in [-0.25, -0.2) is 4.98 Å². The first kappa shape index (κ1) is 16.2. The van der Waals surface area contributed by atoms with Crippen LogP contribution in [-0.2, 0) is 4.79 Å². The van der Waals surface area contributed by atoms with Crippen LogP contribution < -0.4 is 4.90 Å². The van der Waals surface area contributed by atoms with E-state index in [1.54, 1.807) is 15.9 Å². The lowest BCUT2D eigenvalue weighted by atomic mass is 10.2. The number of benzene rings is 1. The Morgan fingerprint density at radius 1 is 1.21 bits per heavy atom. The molecule has 124 valence electrons. The molecule has 0 radical (unpaired) electrons. The molecule has 1 aliphatic rings. The van der Waals surface area contributed by atoms with Crippen molar-refractivity contribution >= 4 is 17.5 Å². The molecule has 1 aromatic heterocycles. The monoisotopic (exact) mass is 323 g/mol. The molecular weight excluding hydrogens is 302 g/mol. The Bertz CT molecular complexity index is 745. The molecule has 2 aromatic rings. The Labute approximate surface area is 141 Å². The molecule has 0 N–H and O–H groups in total. The maximum absolute atomic E-state index is 12.8. The fourth-order valence-electron chi connectivity index (χ4n) is 3.13. The Morgan fingerprint density at radius 2 is 1.96 bits per heavy atom. The zero-order chi connectivity index (χ0) is 17.1. The predicted molar refractivity (Wildman–Crippen MR) is 92.9 cm³/mol. The van der Waals surface area contributed by atoms with Crippen molar-refractivity contribution in [3.05, 3.63) is 59.9 Å². The van der Waals surface area contributed by atoms with Crippen LogP contribution >= 0.6 is 0 Å². The molecule has 0 bridgehead atoms. The number of hydrogen-bond donors (Lipinski definition) is 0. The fourth-order valence-corrected chi connectivity index (χ4v) is 3.13. The summed E-state index contributed by atoms with van der Waals surface area (Å²) in [4.78, 5) is 33.3. The molecule has 2 heterocycles. The van der Waals surface area contributed by atoms with E-state index in [4.69, 9.17) is 0 Å². The van der Waals surface area contributed by atoms with Gasteiger partial charge < -0.3 is 9.80 Å². The molecule has 24 heavy (non-hydrogen) atoms. The highest BCUT2D eigenvalue weighted by atomic mass is 16.2. The van der Waals surface area contributed by atoms with Crippen molar-refractivity contribution in [2.24, 2.45) is 0 Å². The summed E-state index contributed by atoms with van der Waals surface area (Å²) >= 11 is 0. The molecule has 5 nitrogen and oxygen atoms in total. The van der Waals surface area contributed by atoms with Crippen molar-refractivity contribution in [1.82, 2.24) is 9.88 Å². The Kier molecular flexibility index (Phi) is 4.60. The highest BCUT2D eigenvalue weighted by Gasteiger charge is 2.38. The number of carbonyl (C=O) groups excluding carboxylic acids is 2. The zero-order valence-electron chi connectivity index (χ0n) is 14.0. The number of amides is 2. The molecule has 0 spiro atoms. The summed E-state index contributed by atoms with van der Waals surface area (Å²) < 4.78 is 0. The van der Waals surface area contributed by atoms with Gasteiger partial charge in [0.15, 0.2) is 0 Å². The van der Waals surface area contributed by atoms with E-state index in [2.05, 4.69) is 4.98 Å². The molecule has 1 aliphatic heterocycles. The van der Waals surface area contributed by atoms with E-state index >= 15 is 0 Å². The van der Waals surface area contributed by atoms with E-state index in [0.717, 1.165) is 11.4 Å². The van der Waals surface area contributed by atoms with E-state index in [1.807, 2.05) is 56.3 Å². The molecule has 0 saturated carbocycles. The Balaban J connectivity index is 1.82. The van der Waals surface area contributed by atoms with Crippen LogP contribution in [0.3, 0.4) is 0 Å². The maximum atomic E-state index is 12.8. The van der Waals surface area contributed by atoms with Gasteiger partial charge in [0.2, 0.25) is 5.91 Å². The summed E-state index contributed by atoms with van der Waals surface area (Å²) in [6.07, 6.45) is 0.638. The van der Waals surface area contributed by atoms with Crippen LogP contribution in [-0.4, -0.2) is 40.8 Å². The predicted octanol–water partition coefficient (Wildman–Crippen LogP) is 2.66. The van der Waals surface area contributed by atoms with Crippen molar-refractivity contribution in [2.75, 3.05) is 18.0 Å². The van der Waals surface area contributed by atoms with Crippen LogP contribution in [0.1, 0.15) is 29.5 Å². The number of aryl methyl sites for hydroxylation is 1. The average Bonchev–Trinajstić information content (AvgIpc) is 2.98.